The summed E-state index contributed by atoms with van der Waals surface area (Å²) >= 11 is 9.55. The van der Waals surface area contributed by atoms with E-state index in [1.165, 1.54) is 5.56 Å². The Balaban J connectivity index is 2.44. The molecule has 0 amide bonds. The fraction of sp³-hybridized carbons (Fsp3) is 0.200. The molecule has 0 saturated heterocycles. The molecule has 0 heterocycles. The Morgan fingerprint density at radius 1 is 1.11 bits per heavy atom. The molecule has 2 aromatic carbocycles. The van der Waals surface area contributed by atoms with E-state index in [1.54, 1.807) is 18.2 Å². The van der Waals surface area contributed by atoms with Crippen molar-refractivity contribution < 1.29 is 4.39 Å². The summed E-state index contributed by atoms with van der Waals surface area (Å²) in [6.07, 6.45) is 0. The molecule has 0 radical (unpaired) electrons. The van der Waals surface area contributed by atoms with Crippen LogP contribution in [0, 0.1) is 19.7 Å². The molecule has 18 heavy (non-hydrogen) atoms. The molecule has 0 aliphatic carbocycles. The number of benzene rings is 2. The lowest BCUT2D eigenvalue weighted by molar-refractivity contribution is 0.605. The summed E-state index contributed by atoms with van der Waals surface area (Å²) in [6.45, 7) is 4.07. The van der Waals surface area contributed by atoms with Gasteiger partial charge in [0.15, 0.2) is 0 Å². The van der Waals surface area contributed by atoms with Gasteiger partial charge in [0.25, 0.3) is 0 Å². The lowest BCUT2D eigenvalue weighted by Gasteiger charge is -2.13. The maximum atomic E-state index is 14.0. The van der Waals surface area contributed by atoms with E-state index in [2.05, 4.69) is 15.9 Å². The molecular weight excluding hydrogens is 315 g/mol. The first-order valence-electron chi connectivity index (χ1n) is 5.66. The zero-order chi connectivity index (χ0) is 13.3. The van der Waals surface area contributed by atoms with Crippen LogP contribution in [0.15, 0.2) is 40.9 Å². The third-order valence-corrected chi connectivity index (χ3v) is 4.18. The highest BCUT2D eigenvalue weighted by molar-refractivity contribution is 9.10. The minimum atomic E-state index is -0.471. The Kier molecular flexibility index (Phi) is 4.08. The van der Waals surface area contributed by atoms with Crippen LogP contribution in [-0.2, 0) is 0 Å². The van der Waals surface area contributed by atoms with Gasteiger partial charge in [0.05, 0.1) is 9.85 Å². The van der Waals surface area contributed by atoms with Crippen LogP contribution in [0.4, 0.5) is 4.39 Å². The summed E-state index contributed by atoms with van der Waals surface area (Å²) in [4.78, 5) is 0. The van der Waals surface area contributed by atoms with Crippen molar-refractivity contribution in [2.45, 2.75) is 19.2 Å². The quantitative estimate of drug-likeness (QED) is 0.636. The van der Waals surface area contributed by atoms with Gasteiger partial charge in [0, 0.05) is 5.56 Å². The highest BCUT2D eigenvalue weighted by Crippen LogP contribution is 2.33. The van der Waals surface area contributed by atoms with Gasteiger partial charge in [0.2, 0.25) is 0 Å². The molecule has 0 aliphatic rings. The molecule has 0 nitrogen and oxygen atoms in total. The van der Waals surface area contributed by atoms with Crippen LogP contribution in [0.2, 0.25) is 0 Å². The van der Waals surface area contributed by atoms with Gasteiger partial charge in [0.1, 0.15) is 5.82 Å². The predicted molar refractivity (Wildman–Crippen MR) is 77.7 cm³/mol. The minimum Gasteiger partial charge on any atom is -0.205 e. The van der Waals surface area contributed by atoms with Crippen LogP contribution in [0.1, 0.15) is 27.6 Å². The smallest absolute Gasteiger partial charge is 0.142 e. The lowest BCUT2D eigenvalue weighted by atomic mass is 10.00. The first kappa shape index (κ1) is 13.6. The first-order valence-corrected chi connectivity index (χ1v) is 6.89. The van der Waals surface area contributed by atoms with E-state index in [-0.39, 0.29) is 5.82 Å². The van der Waals surface area contributed by atoms with Crippen LogP contribution in [0.25, 0.3) is 0 Å². The van der Waals surface area contributed by atoms with E-state index in [0.717, 1.165) is 11.1 Å². The van der Waals surface area contributed by atoms with Crippen LogP contribution < -0.4 is 0 Å². The molecule has 2 aromatic rings. The van der Waals surface area contributed by atoms with Crippen LogP contribution in [-0.4, -0.2) is 0 Å². The molecule has 1 atom stereocenters. The molecule has 0 saturated carbocycles. The van der Waals surface area contributed by atoms with Gasteiger partial charge in [-0.25, -0.2) is 4.39 Å². The van der Waals surface area contributed by atoms with Gasteiger partial charge >= 0.3 is 0 Å². The Morgan fingerprint density at radius 2 is 1.83 bits per heavy atom. The van der Waals surface area contributed by atoms with E-state index in [9.17, 15) is 4.39 Å². The van der Waals surface area contributed by atoms with E-state index in [1.807, 2.05) is 32.0 Å². The maximum absolute atomic E-state index is 14.0. The number of halogens is 3. The molecule has 1 unspecified atom stereocenters. The fourth-order valence-corrected chi connectivity index (χ4v) is 2.50. The second kappa shape index (κ2) is 5.41. The van der Waals surface area contributed by atoms with Gasteiger partial charge in [-0.05, 0) is 52.5 Å². The second-order valence-electron chi connectivity index (χ2n) is 4.35. The Hall–Kier alpha value is -0.860. The SMILES string of the molecule is Cc1ccc(C(Cl)c2cccc(Br)c2F)cc1C. The number of rotatable bonds is 2. The summed E-state index contributed by atoms with van der Waals surface area (Å²) in [5, 5.41) is -0.471. The molecule has 0 N–H and O–H groups in total. The van der Waals surface area contributed by atoms with Crippen LogP contribution in [0.3, 0.4) is 0 Å². The molecule has 3 heteroatoms. The number of aryl methyl sites for hydroxylation is 2. The lowest BCUT2D eigenvalue weighted by Crippen LogP contribution is -1.98. The van der Waals surface area contributed by atoms with E-state index >= 15 is 0 Å². The Labute approximate surface area is 120 Å². The Morgan fingerprint density at radius 3 is 2.50 bits per heavy atom. The molecule has 94 valence electrons. The van der Waals surface area contributed by atoms with E-state index < -0.39 is 5.38 Å². The van der Waals surface area contributed by atoms with Gasteiger partial charge in [-0.15, -0.1) is 11.6 Å². The van der Waals surface area contributed by atoms with Crippen molar-refractivity contribution in [3.63, 3.8) is 0 Å². The summed E-state index contributed by atoms with van der Waals surface area (Å²) in [6, 6.07) is 11.1. The largest absolute Gasteiger partial charge is 0.205 e. The number of hydrogen-bond acceptors (Lipinski definition) is 0. The molecule has 0 spiro atoms. The van der Waals surface area contributed by atoms with Crippen molar-refractivity contribution in [1.29, 1.82) is 0 Å². The van der Waals surface area contributed by atoms with E-state index in [4.69, 9.17) is 11.6 Å². The fourth-order valence-electron chi connectivity index (χ4n) is 1.82. The van der Waals surface area contributed by atoms with Gasteiger partial charge in [-0.2, -0.15) is 0 Å². The molecule has 0 fully saturated rings. The van der Waals surface area contributed by atoms with Crippen LogP contribution in [0.5, 0.6) is 0 Å². The van der Waals surface area contributed by atoms with Crippen molar-refractivity contribution in [3.05, 3.63) is 68.9 Å². The van der Waals surface area contributed by atoms with Crippen molar-refractivity contribution in [2.75, 3.05) is 0 Å². The summed E-state index contributed by atoms with van der Waals surface area (Å²) in [5.41, 5.74) is 3.77. The van der Waals surface area contributed by atoms with Crippen molar-refractivity contribution >= 4 is 27.5 Å². The zero-order valence-corrected chi connectivity index (χ0v) is 12.5. The normalized spacial score (nSPS) is 12.5. The van der Waals surface area contributed by atoms with Crippen molar-refractivity contribution in [1.82, 2.24) is 0 Å². The third kappa shape index (κ3) is 2.60. The standard InChI is InChI=1S/C15H13BrClF/c1-9-6-7-11(8-10(9)2)14(17)12-4-3-5-13(16)15(12)18/h3-8,14H,1-2H3. The van der Waals surface area contributed by atoms with Gasteiger partial charge in [-0.3, -0.25) is 0 Å². The second-order valence-corrected chi connectivity index (χ2v) is 5.64. The zero-order valence-electron chi connectivity index (χ0n) is 10.2. The molecule has 0 aromatic heterocycles. The first-order chi connectivity index (χ1) is 8.50. The summed E-state index contributed by atoms with van der Waals surface area (Å²) in [5.74, 6) is -0.296. The molecule has 2 rings (SSSR count). The van der Waals surface area contributed by atoms with Gasteiger partial charge < -0.3 is 0 Å². The molecule has 0 bridgehead atoms. The summed E-state index contributed by atoms with van der Waals surface area (Å²) in [7, 11) is 0. The average molecular weight is 328 g/mol. The maximum Gasteiger partial charge on any atom is 0.142 e. The van der Waals surface area contributed by atoms with Crippen LogP contribution >= 0.6 is 27.5 Å². The highest BCUT2D eigenvalue weighted by Gasteiger charge is 2.17. The molecular formula is C15H13BrClF. The topological polar surface area (TPSA) is 0 Å². The third-order valence-electron chi connectivity index (χ3n) is 3.08. The van der Waals surface area contributed by atoms with Gasteiger partial charge in [-0.1, -0.05) is 30.3 Å². The monoisotopic (exact) mass is 326 g/mol. The van der Waals surface area contributed by atoms with Crippen molar-refractivity contribution in [3.8, 4) is 0 Å². The average Bonchev–Trinajstić information content (AvgIpc) is 2.35. The molecule has 0 aliphatic heterocycles. The number of hydrogen-bond donors (Lipinski definition) is 0. The van der Waals surface area contributed by atoms with E-state index in [0.29, 0.717) is 10.0 Å². The Bertz CT molecular complexity index is 581. The van der Waals surface area contributed by atoms with Crippen molar-refractivity contribution in [2.24, 2.45) is 0 Å². The summed E-state index contributed by atoms with van der Waals surface area (Å²) < 4.78 is 14.4. The highest BCUT2D eigenvalue weighted by atomic mass is 79.9. The predicted octanol–water partition coefficient (Wildman–Crippen LogP) is 5.53. The number of alkyl halides is 1. The minimum absolute atomic E-state index is 0.296.